The van der Waals surface area contributed by atoms with Gasteiger partial charge in [-0.2, -0.15) is 0 Å². The lowest BCUT2D eigenvalue weighted by Gasteiger charge is -2.04. The van der Waals surface area contributed by atoms with Gasteiger partial charge in [0.05, 0.1) is 0 Å². The first-order valence-electron chi connectivity index (χ1n) is 6.35. The quantitative estimate of drug-likeness (QED) is 0.665. The van der Waals surface area contributed by atoms with Crippen LogP contribution in [-0.2, 0) is 0 Å². The largest absolute Gasteiger partial charge is 0.382 e. The summed E-state index contributed by atoms with van der Waals surface area (Å²) < 4.78 is 0. The highest BCUT2D eigenvalue weighted by Crippen LogP contribution is 2.25. The van der Waals surface area contributed by atoms with Crippen LogP contribution >= 0.6 is 11.3 Å². The predicted molar refractivity (Wildman–Crippen MR) is 77.1 cm³/mol. The van der Waals surface area contributed by atoms with Crippen molar-refractivity contribution in [2.24, 2.45) is 0 Å². The Balaban J connectivity index is 2.54. The summed E-state index contributed by atoms with van der Waals surface area (Å²) in [6, 6.07) is 0.274. The van der Waals surface area contributed by atoms with Crippen LogP contribution in [0.2, 0.25) is 0 Å². The van der Waals surface area contributed by atoms with Gasteiger partial charge in [-0.1, -0.05) is 31.1 Å². The number of hydrogen-bond donors (Lipinski definition) is 3. The summed E-state index contributed by atoms with van der Waals surface area (Å²) in [5, 5.41) is 6.71. The number of carbonyl (C=O) groups is 1. The van der Waals surface area contributed by atoms with Gasteiger partial charge in [0.2, 0.25) is 0 Å². The minimum atomic E-state index is -0.127. The zero-order valence-corrected chi connectivity index (χ0v) is 12.1. The minimum absolute atomic E-state index is 0.127. The maximum atomic E-state index is 11.9. The monoisotopic (exact) mass is 270 g/mol. The van der Waals surface area contributed by atoms with Gasteiger partial charge in [-0.25, -0.2) is 4.98 Å². The first-order chi connectivity index (χ1) is 8.54. The molecular weight excluding hydrogens is 248 g/mol. The maximum absolute atomic E-state index is 11.9. The van der Waals surface area contributed by atoms with Crippen LogP contribution in [0.3, 0.4) is 0 Å². The molecule has 1 rings (SSSR count). The SMILES string of the molecule is CCCCCNC(=O)c1sc(NC(C)C)nc1N. The molecule has 0 bridgehead atoms. The van der Waals surface area contributed by atoms with Gasteiger partial charge in [0.25, 0.3) is 5.91 Å². The van der Waals surface area contributed by atoms with Crippen molar-refractivity contribution in [1.82, 2.24) is 10.3 Å². The summed E-state index contributed by atoms with van der Waals surface area (Å²) in [6.45, 7) is 6.86. The zero-order valence-electron chi connectivity index (χ0n) is 11.2. The smallest absolute Gasteiger partial charge is 0.265 e. The van der Waals surface area contributed by atoms with E-state index < -0.39 is 0 Å². The molecular formula is C12H22N4OS. The van der Waals surface area contributed by atoms with E-state index in [1.807, 2.05) is 13.8 Å². The van der Waals surface area contributed by atoms with Crippen LogP contribution in [0.5, 0.6) is 0 Å². The molecule has 0 aliphatic rings. The number of carbonyl (C=O) groups excluding carboxylic acids is 1. The van der Waals surface area contributed by atoms with Gasteiger partial charge in [-0.15, -0.1) is 0 Å². The molecule has 5 nitrogen and oxygen atoms in total. The van der Waals surface area contributed by atoms with Crippen LogP contribution in [0.25, 0.3) is 0 Å². The number of rotatable bonds is 7. The Labute approximate surface area is 112 Å². The van der Waals surface area contributed by atoms with Crippen molar-refractivity contribution >= 4 is 28.2 Å². The Bertz CT molecular complexity index is 389. The van der Waals surface area contributed by atoms with Gasteiger partial charge in [0.15, 0.2) is 5.13 Å². The van der Waals surface area contributed by atoms with Crippen LogP contribution in [0.1, 0.15) is 49.7 Å². The molecule has 6 heteroatoms. The number of anilines is 2. The number of nitrogens with two attached hydrogens (primary N) is 1. The summed E-state index contributed by atoms with van der Waals surface area (Å²) in [7, 11) is 0. The van der Waals surface area contributed by atoms with Crippen LogP contribution in [0.15, 0.2) is 0 Å². The molecule has 0 saturated carbocycles. The van der Waals surface area contributed by atoms with E-state index in [1.165, 1.54) is 11.3 Å². The maximum Gasteiger partial charge on any atom is 0.265 e. The molecule has 1 aromatic heterocycles. The third kappa shape index (κ3) is 4.52. The molecule has 0 aliphatic heterocycles. The van der Waals surface area contributed by atoms with Crippen molar-refractivity contribution in [3.8, 4) is 0 Å². The summed E-state index contributed by atoms with van der Waals surface area (Å²) >= 11 is 1.30. The summed E-state index contributed by atoms with van der Waals surface area (Å²) in [5.74, 6) is 0.175. The number of thiazole rings is 1. The fraction of sp³-hybridized carbons (Fsp3) is 0.667. The van der Waals surface area contributed by atoms with E-state index in [1.54, 1.807) is 0 Å². The Morgan fingerprint density at radius 2 is 2.17 bits per heavy atom. The summed E-state index contributed by atoms with van der Waals surface area (Å²) in [5.41, 5.74) is 5.75. The second kappa shape index (κ2) is 7.20. The molecule has 0 radical (unpaired) electrons. The third-order valence-electron chi connectivity index (χ3n) is 2.34. The molecule has 0 unspecified atom stereocenters. The van der Waals surface area contributed by atoms with Crippen LogP contribution in [0.4, 0.5) is 10.9 Å². The standard InChI is InChI=1S/C12H22N4OS/c1-4-5-6-7-14-11(17)9-10(13)16-12(18-9)15-8(2)3/h8H,4-7,13H2,1-3H3,(H,14,17)(H,15,16). The van der Waals surface area contributed by atoms with Crippen molar-refractivity contribution in [2.75, 3.05) is 17.6 Å². The molecule has 1 heterocycles. The number of aromatic nitrogens is 1. The van der Waals surface area contributed by atoms with Crippen molar-refractivity contribution in [3.63, 3.8) is 0 Å². The number of nitrogens with one attached hydrogen (secondary N) is 2. The highest BCUT2D eigenvalue weighted by molar-refractivity contribution is 7.18. The van der Waals surface area contributed by atoms with E-state index in [0.29, 0.717) is 22.4 Å². The number of nitrogen functional groups attached to an aromatic ring is 1. The molecule has 0 aliphatic carbocycles. The predicted octanol–water partition coefficient (Wildman–Crippen LogP) is 2.47. The van der Waals surface area contributed by atoms with E-state index >= 15 is 0 Å². The van der Waals surface area contributed by atoms with Gasteiger partial charge in [-0.3, -0.25) is 4.79 Å². The fourth-order valence-corrected chi connectivity index (χ4v) is 2.41. The van der Waals surface area contributed by atoms with Gasteiger partial charge in [0, 0.05) is 12.6 Å². The lowest BCUT2D eigenvalue weighted by molar-refractivity contribution is 0.0957. The molecule has 0 spiro atoms. The van der Waals surface area contributed by atoms with Gasteiger partial charge in [-0.05, 0) is 20.3 Å². The zero-order chi connectivity index (χ0) is 13.5. The number of amides is 1. The minimum Gasteiger partial charge on any atom is -0.382 e. The average molecular weight is 270 g/mol. The van der Waals surface area contributed by atoms with Crippen molar-refractivity contribution in [2.45, 2.75) is 46.1 Å². The Hall–Kier alpha value is -1.30. The molecule has 1 aromatic rings. The van der Waals surface area contributed by atoms with Crippen molar-refractivity contribution < 1.29 is 4.79 Å². The molecule has 0 atom stereocenters. The lowest BCUT2D eigenvalue weighted by atomic mass is 10.2. The fourth-order valence-electron chi connectivity index (χ4n) is 1.46. The molecule has 102 valence electrons. The van der Waals surface area contributed by atoms with E-state index in [0.717, 1.165) is 19.3 Å². The Kier molecular flexibility index (Phi) is 5.91. The normalized spacial score (nSPS) is 10.7. The number of unbranched alkanes of at least 4 members (excludes halogenated alkanes) is 2. The highest BCUT2D eigenvalue weighted by atomic mass is 32.1. The first-order valence-corrected chi connectivity index (χ1v) is 7.17. The van der Waals surface area contributed by atoms with Gasteiger partial charge < -0.3 is 16.4 Å². The summed E-state index contributed by atoms with van der Waals surface area (Å²) in [4.78, 5) is 16.5. The van der Waals surface area contributed by atoms with Gasteiger partial charge >= 0.3 is 0 Å². The molecule has 0 fully saturated rings. The molecule has 1 amide bonds. The van der Waals surface area contributed by atoms with E-state index in [9.17, 15) is 4.79 Å². The van der Waals surface area contributed by atoms with Crippen LogP contribution < -0.4 is 16.4 Å². The third-order valence-corrected chi connectivity index (χ3v) is 3.34. The first kappa shape index (κ1) is 14.8. The second-order valence-corrected chi connectivity index (χ2v) is 5.49. The topological polar surface area (TPSA) is 80.0 Å². The Morgan fingerprint density at radius 1 is 1.44 bits per heavy atom. The van der Waals surface area contributed by atoms with Crippen molar-refractivity contribution in [3.05, 3.63) is 4.88 Å². The highest BCUT2D eigenvalue weighted by Gasteiger charge is 2.15. The second-order valence-electron chi connectivity index (χ2n) is 4.50. The molecule has 18 heavy (non-hydrogen) atoms. The summed E-state index contributed by atoms with van der Waals surface area (Å²) in [6.07, 6.45) is 3.26. The number of nitrogens with zero attached hydrogens (tertiary/aromatic N) is 1. The lowest BCUT2D eigenvalue weighted by Crippen LogP contribution is -2.24. The van der Waals surface area contributed by atoms with E-state index in [-0.39, 0.29) is 11.9 Å². The molecule has 0 aromatic carbocycles. The van der Waals surface area contributed by atoms with Crippen molar-refractivity contribution in [1.29, 1.82) is 0 Å². The Morgan fingerprint density at radius 3 is 2.78 bits per heavy atom. The molecule has 0 saturated heterocycles. The van der Waals surface area contributed by atoms with E-state index in [2.05, 4.69) is 22.5 Å². The van der Waals surface area contributed by atoms with Crippen LogP contribution in [-0.4, -0.2) is 23.5 Å². The van der Waals surface area contributed by atoms with E-state index in [4.69, 9.17) is 5.73 Å². The van der Waals surface area contributed by atoms with Crippen LogP contribution in [0, 0.1) is 0 Å². The molecule has 4 N–H and O–H groups in total. The van der Waals surface area contributed by atoms with Gasteiger partial charge in [0.1, 0.15) is 10.7 Å². The number of hydrogen-bond acceptors (Lipinski definition) is 5. The average Bonchev–Trinajstić information content (AvgIpc) is 2.64.